The lowest BCUT2D eigenvalue weighted by molar-refractivity contribution is 1.03. The van der Waals surface area contributed by atoms with E-state index >= 15 is 0 Å². The first-order chi connectivity index (χ1) is 5.13. The Hall–Kier alpha value is -0.980. The highest BCUT2D eigenvalue weighted by atomic mass is 14.8. The Labute approximate surface area is 68.5 Å². The van der Waals surface area contributed by atoms with Gasteiger partial charge in [-0.2, -0.15) is 0 Å². The van der Waals surface area contributed by atoms with E-state index in [1.54, 1.807) is 0 Å². The van der Waals surface area contributed by atoms with E-state index in [2.05, 4.69) is 39.1 Å². The maximum Gasteiger partial charge on any atom is 0.0147 e. The monoisotopic (exact) mass is 149 g/mol. The summed E-state index contributed by atoms with van der Waals surface area (Å²) >= 11 is 0. The SMILES string of the molecule is CC1=C(C)C(C)=C(C)NC=C1. The van der Waals surface area contributed by atoms with Gasteiger partial charge in [0.15, 0.2) is 0 Å². The molecule has 0 atom stereocenters. The van der Waals surface area contributed by atoms with Crippen molar-refractivity contribution in [3.63, 3.8) is 0 Å². The van der Waals surface area contributed by atoms with Gasteiger partial charge >= 0.3 is 0 Å². The topological polar surface area (TPSA) is 12.0 Å². The van der Waals surface area contributed by atoms with Gasteiger partial charge in [-0.15, -0.1) is 0 Å². The van der Waals surface area contributed by atoms with Crippen molar-refractivity contribution in [2.45, 2.75) is 27.7 Å². The molecule has 0 bridgehead atoms. The van der Waals surface area contributed by atoms with Gasteiger partial charge in [0, 0.05) is 11.9 Å². The van der Waals surface area contributed by atoms with Crippen molar-refractivity contribution < 1.29 is 0 Å². The summed E-state index contributed by atoms with van der Waals surface area (Å²) in [6.07, 6.45) is 4.10. The van der Waals surface area contributed by atoms with Gasteiger partial charge in [-0.1, -0.05) is 0 Å². The fourth-order valence-electron chi connectivity index (χ4n) is 1.10. The Morgan fingerprint density at radius 2 is 1.64 bits per heavy atom. The molecule has 1 nitrogen and oxygen atoms in total. The van der Waals surface area contributed by atoms with Gasteiger partial charge in [-0.05, 0) is 50.5 Å². The fraction of sp³-hybridized carbons (Fsp3) is 0.400. The first-order valence-corrected chi connectivity index (χ1v) is 3.91. The predicted octanol–water partition coefficient (Wildman–Crippen LogP) is 2.73. The molecular formula is C10H15N. The maximum atomic E-state index is 3.21. The molecule has 1 heteroatoms. The van der Waals surface area contributed by atoms with Crippen molar-refractivity contribution in [2.24, 2.45) is 0 Å². The highest BCUT2D eigenvalue weighted by molar-refractivity contribution is 5.40. The average molecular weight is 149 g/mol. The van der Waals surface area contributed by atoms with Crippen molar-refractivity contribution in [2.75, 3.05) is 0 Å². The molecule has 0 amide bonds. The van der Waals surface area contributed by atoms with Gasteiger partial charge in [0.2, 0.25) is 0 Å². The number of hydrogen-bond donors (Lipinski definition) is 1. The molecule has 0 unspecified atom stereocenters. The molecule has 60 valence electrons. The molecule has 1 heterocycles. The number of rotatable bonds is 0. The van der Waals surface area contributed by atoms with Crippen LogP contribution in [0, 0.1) is 0 Å². The lowest BCUT2D eigenvalue weighted by Gasteiger charge is -2.06. The summed E-state index contributed by atoms with van der Waals surface area (Å²) in [7, 11) is 0. The molecule has 0 spiro atoms. The number of allylic oxidation sites excluding steroid dienone is 5. The Morgan fingerprint density at radius 1 is 1.00 bits per heavy atom. The highest BCUT2D eigenvalue weighted by Crippen LogP contribution is 2.19. The minimum absolute atomic E-state index is 1.25. The minimum atomic E-state index is 1.25. The van der Waals surface area contributed by atoms with Crippen LogP contribution in [0.2, 0.25) is 0 Å². The van der Waals surface area contributed by atoms with E-state index < -0.39 is 0 Å². The lowest BCUT2D eigenvalue weighted by atomic mass is 10.0. The van der Waals surface area contributed by atoms with Gasteiger partial charge in [-0.25, -0.2) is 0 Å². The van der Waals surface area contributed by atoms with Crippen molar-refractivity contribution in [3.05, 3.63) is 34.7 Å². The molecule has 1 aliphatic heterocycles. The summed E-state index contributed by atoms with van der Waals surface area (Å²) in [5.41, 5.74) is 5.32. The van der Waals surface area contributed by atoms with Crippen molar-refractivity contribution in [1.82, 2.24) is 5.32 Å². The van der Waals surface area contributed by atoms with E-state index in [0.29, 0.717) is 0 Å². The first kappa shape index (κ1) is 8.12. The van der Waals surface area contributed by atoms with E-state index in [-0.39, 0.29) is 0 Å². The molecule has 0 aliphatic carbocycles. The third kappa shape index (κ3) is 1.53. The molecule has 0 aromatic heterocycles. The molecule has 0 radical (unpaired) electrons. The van der Waals surface area contributed by atoms with E-state index in [4.69, 9.17) is 0 Å². The quantitative estimate of drug-likeness (QED) is 0.558. The minimum Gasteiger partial charge on any atom is -0.365 e. The van der Waals surface area contributed by atoms with Crippen molar-refractivity contribution in [1.29, 1.82) is 0 Å². The van der Waals surface area contributed by atoms with E-state index in [9.17, 15) is 0 Å². The third-order valence-electron chi connectivity index (χ3n) is 2.35. The van der Waals surface area contributed by atoms with Crippen LogP contribution in [-0.4, -0.2) is 0 Å². The second-order valence-corrected chi connectivity index (χ2v) is 3.04. The van der Waals surface area contributed by atoms with Crippen LogP contribution in [0.5, 0.6) is 0 Å². The van der Waals surface area contributed by atoms with Crippen LogP contribution in [0.15, 0.2) is 34.7 Å². The smallest absolute Gasteiger partial charge is 0.0147 e. The van der Waals surface area contributed by atoms with Gasteiger partial charge < -0.3 is 5.32 Å². The zero-order chi connectivity index (χ0) is 8.43. The van der Waals surface area contributed by atoms with Crippen LogP contribution in [0.4, 0.5) is 0 Å². The maximum absolute atomic E-state index is 3.21. The van der Waals surface area contributed by atoms with Crippen LogP contribution in [0.25, 0.3) is 0 Å². The molecule has 0 saturated carbocycles. The number of hydrogen-bond acceptors (Lipinski definition) is 1. The zero-order valence-corrected chi connectivity index (χ0v) is 7.65. The first-order valence-electron chi connectivity index (χ1n) is 3.91. The van der Waals surface area contributed by atoms with Crippen molar-refractivity contribution in [3.8, 4) is 0 Å². The summed E-state index contributed by atoms with van der Waals surface area (Å²) in [5.74, 6) is 0. The van der Waals surface area contributed by atoms with E-state index in [1.807, 2.05) is 6.20 Å². The second kappa shape index (κ2) is 2.95. The van der Waals surface area contributed by atoms with E-state index in [0.717, 1.165) is 0 Å². The third-order valence-corrected chi connectivity index (χ3v) is 2.35. The van der Waals surface area contributed by atoms with Crippen LogP contribution < -0.4 is 5.32 Å². The molecular weight excluding hydrogens is 134 g/mol. The summed E-state index contributed by atoms with van der Waals surface area (Å²) in [6, 6.07) is 0. The summed E-state index contributed by atoms with van der Waals surface area (Å²) in [4.78, 5) is 0. The second-order valence-electron chi connectivity index (χ2n) is 3.04. The van der Waals surface area contributed by atoms with Crippen LogP contribution in [-0.2, 0) is 0 Å². The molecule has 0 saturated heterocycles. The molecule has 0 aromatic carbocycles. The van der Waals surface area contributed by atoms with Gasteiger partial charge in [0.25, 0.3) is 0 Å². The molecule has 0 aromatic rings. The fourth-order valence-corrected chi connectivity index (χ4v) is 1.10. The van der Waals surface area contributed by atoms with Gasteiger partial charge in [0.05, 0.1) is 0 Å². The van der Waals surface area contributed by atoms with E-state index in [1.165, 1.54) is 22.4 Å². The molecule has 11 heavy (non-hydrogen) atoms. The van der Waals surface area contributed by atoms with Crippen LogP contribution in [0.3, 0.4) is 0 Å². The standard InChI is InChI=1S/C10H15N/c1-7-5-6-11-10(4)9(3)8(7)2/h5-6,11H,1-4H3. The van der Waals surface area contributed by atoms with Gasteiger partial charge in [-0.3, -0.25) is 0 Å². The Balaban J connectivity index is 3.15. The van der Waals surface area contributed by atoms with Gasteiger partial charge in [0.1, 0.15) is 0 Å². The molecule has 1 N–H and O–H groups in total. The van der Waals surface area contributed by atoms with Crippen LogP contribution >= 0.6 is 0 Å². The summed E-state index contributed by atoms with van der Waals surface area (Å²) in [5, 5.41) is 3.21. The lowest BCUT2D eigenvalue weighted by Crippen LogP contribution is -2.02. The Kier molecular flexibility index (Phi) is 2.18. The molecule has 1 aliphatic rings. The zero-order valence-electron chi connectivity index (χ0n) is 7.65. The molecule has 0 fully saturated rings. The highest BCUT2D eigenvalue weighted by Gasteiger charge is 2.03. The summed E-state index contributed by atoms with van der Waals surface area (Å²) < 4.78 is 0. The largest absolute Gasteiger partial charge is 0.365 e. The summed E-state index contributed by atoms with van der Waals surface area (Å²) in [6.45, 7) is 8.54. The number of nitrogens with one attached hydrogen (secondary N) is 1. The Morgan fingerprint density at radius 3 is 2.27 bits per heavy atom. The van der Waals surface area contributed by atoms with Crippen LogP contribution in [0.1, 0.15) is 27.7 Å². The molecule has 1 rings (SSSR count). The average Bonchev–Trinajstić information content (AvgIpc) is 2.07. The predicted molar refractivity (Wildman–Crippen MR) is 49.0 cm³/mol. The normalized spacial score (nSPS) is 18.5. The van der Waals surface area contributed by atoms with Crippen molar-refractivity contribution >= 4 is 0 Å². The Bertz CT molecular complexity index is 254.